The Morgan fingerprint density at radius 2 is 1.66 bits per heavy atom. The van der Waals surface area contributed by atoms with Crippen molar-refractivity contribution in [2.75, 3.05) is 31.2 Å². The van der Waals surface area contributed by atoms with Crippen molar-refractivity contribution in [3.63, 3.8) is 0 Å². The molecule has 1 aliphatic rings. The Hall–Kier alpha value is -2.90. The van der Waals surface area contributed by atoms with E-state index in [1.54, 1.807) is 30.3 Å². The second-order valence-electron chi connectivity index (χ2n) is 6.82. The monoisotopic (exact) mass is 410 g/mol. The van der Waals surface area contributed by atoms with E-state index in [0.717, 1.165) is 11.1 Å². The van der Waals surface area contributed by atoms with Crippen LogP contribution in [0.25, 0.3) is 12.2 Å². The average Bonchev–Trinajstić information content (AvgIpc) is 3.19. The van der Waals surface area contributed by atoms with E-state index in [-0.39, 0.29) is 21.7 Å². The molecular weight excluding hydrogens is 388 g/mol. The van der Waals surface area contributed by atoms with E-state index in [9.17, 15) is 8.42 Å². The zero-order chi connectivity index (χ0) is 20.3. The molecule has 6 nitrogen and oxygen atoms in total. The summed E-state index contributed by atoms with van der Waals surface area (Å²) in [5.41, 5.74) is 1.96. The first-order valence-corrected chi connectivity index (χ1v) is 10.9. The Balaban J connectivity index is 1.75. The molecule has 1 aromatic heterocycles. The first-order chi connectivity index (χ1) is 14.0. The fourth-order valence-electron chi connectivity index (χ4n) is 3.09. The molecule has 2 heterocycles. The SMILES string of the molecule is Cc1ccc(S(=O)(=O)c2nc(/C=C/c3ccccc3)oc2N2CCOCC2)cc1. The highest BCUT2D eigenvalue weighted by molar-refractivity contribution is 7.91. The summed E-state index contributed by atoms with van der Waals surface area (Å²) in [6.45, 7) is 4.04. The van der Waals surface area contributed by atoms with Crippen LogP contribution in [0.2, 0.25) is 0 Å². The summed E-state index contributed by atoms with van der Waals surface area (Å²) >= 11 is 0. The van der Waals surface area contributed by atoms with Crippen LogP contribution in [0.3, 0.4) is 0 Å². The normalized spacial score (nSPS) is 15.1. The van der Waals surface area contributed by atoms with Crippen molar-refractivity contribution in [2.24, 2.45) is 0 Å². The maximum atomic E-state index is 13.3. The molecule has 29 heavy (non-hydrogen) atoms. The van der Waals surface area contributed by atoms with Crippen molar-refractivity contribution in [1.29, 1.82) is 0 Å². The largest absolute Gasteiger partial charge is 0.420 e. The molecule has 1 saturated heterocycles. The van der Waals surface area contributed by atoms with Crippen LogP contribution in [0.5, 0.6) is 0 Å². The van der Waals surface area contributed by atoms with Gasteiger partial charge in [-0.25, -0.2) is 8.42 Å². The summed E-state index contributed by atoms with van der Waals surface area (Å²) < 4.78 is 37.9. The topological polar surface area (TPSA) is 72.6 Å². The van der Waals surface area contributed by atoms with E-state index in [2.05, 4.69) is 4.98 Å². The van der Waals surface area contributed by atoms with E-state index in [0.29, 0.717) is 26.3 Å². The minimum Gasteiger partial charge on any atom is -0.420 e. The average molecular weight is 410 g/mol. The van der Waals surface area contributed by atoms with Gasteiger partial charge in [-0.15, -0.1) is 0 Å². The van der Waals surface area contributed by atoms with Crippen molar-refractivity contribution in [2.45, 2.75) is 16.8 Å². The van der Waals surface area contributed by atoms with Crippen LogP contribution >= 0.6 is 0 Å². The smallest absolute Gasteiger partial charge is 0.236 e. The lowest BCUT2D eigenvalue weighted by molar-refractivity contribution is 0.120. The number of anilines is 1. The third kappa shape index (κ3) is 4.26. The summed E-state index contributed by atoms with van der Waals surface area (Å²) in [5, 5.41) is -0.0593. The number of sulfone groups is 1. The third-order valence-corrected chi connectivity index (χ3v) is 6.37. The molecule has 0 radical (unpaired) electrons. The first-order valence-electron chi connectivity index (χ1n) is 9.42. The summed E-state index contributed by atoms with van der Waals surface area (Å²) in [6.07, 6.45) is 3.53. The maximum Gasteiger partial charge on any atom is 0.236 e. The van der Waals surface area contributed by atoms with Crippen LogP contribution in [-0.4, -0.2) is 39.7 Å². The number of aryl methyl sites for hydroxylation is 1. The van der Waals surface area contributed by atoms with Gasteiger partial charge in [-0.05, 0) is 30.7 Å². The van der Waals surface area contributed by atoms with Crippen molar-refractivity contribution < 1.29 is 17.6 Å². The lowest BCUT2D eigenvalue weighted by atomic mass is 10.2. The lowest BCUT2D eigenvalue weighted by Crippen LogP contribution is -2.36. The van der Waals surface area contributed by atoms with Gasteiger partial charge in [0.25, 0.3) is 0 Å². The van der Waals surface area contributed by atoms with Crippen molar-refractivity contribution in [3.05, 3.63) is 71.6 Å². The highest BCUT2D eigenvalue weighted by Gasteiger charge is 2.31. The molecule has 2 aromatic carbocycles. The van der Waals surface area contributed by atoms with Gasteiger partial charge in [0.05, 0.1) is 18.1 Å². The van der Waals surface area contributed by atoms with Gasteiger partial charge in [-0.3, -0.25) is 0 Å². The Bertz CT molecular complexity index is 1100. The minimum atomic E-state index is -3.82. The van der Waals surface area contributed by atoms with Crippen molar-refractivity contribution in [3.8, 4) is 0 Å². The molecule has 7 heteroatoms. The molecule has 1 aliphatic heterocycles. The maximum absolute atomic E-state index is 13.3. The molecule has 0 aliphatic carbocycles. The standard InChI is InChI=1S/C22H22N2O4S/c1-17-7-10-19(11-8-17)29(25,26)21-22(24-13-15-27-16-14-24)28-20(23-21)12-9-18-5-3-2-4-6-18/h2-12H,13-16H2,1H3/b12-9+. The van der Waals surface area contributed by atoms with Crippen LogP contribution in [0.1, 0.15) is 17.0 Å². The van der Waals surface area contributed by atoms with Gasteiger partial charge in [-0.2, -0.15) is 4.98 Å². The van der Waals surface area contributed by atoms with Gasteiger partial charge in [0.1, 0.15) is 0 Å². The van der Waals surface area contributed by atoms with Gasteiger partial charge in [0.15, 0.2) is 0 Å². The zero-order valence-corrected chi connectivity index (χ0v) is 16.9. The van der Waals surface area contributed by atoms with Gasteiger partial charge in [0, 0.05) is 19.2 Å². The Morgan fingerprint density at radius 1 is 0.966 bits per heavy atom. The Kier molecular flexibility index (Phi) is 5.51. The second kappa shape index (κ2) is 8.23. The summed E-state index contributed by atoms with van der Waals surface area (Å²) in [5.74, 6) is 0.516. The number of hydrogen-bond acceptors (Lipinski definition) is 6. The van der Waals surface area contributed by atoms with Crippen LogP contribution < -0.4 is 4.90 Å². The molecule has 150 valence electrons. The number of hydrogen-bond donors (Lipinski definition) is 0. The summed E-state index contributed by atoms with van der Waals surface area (Å²) in [6, 6.07) is 16.5. The molecule has 1 fully saturated rings. The van der Waals surface area contributed by atoms with Gasteiger partial charge < -0.3 is 14.1 Å². The van der Waals surface area contributed by atoms with Crippen molar-refractivity contribution >= 4 is 27.9 Å². The number of oxazole rings is 1. The van der Waals surface area contributed by atoms with Crippen LogP contribution in [-0.2, 0) is 14.6 Å². The summed E-state index contributed by atoms with van der Waals surface area (Å²) in [7, 11) is -3.82. The molecule has 0 bridgehead atoms. The predicted molar refractivity (Wildman–Crippen MR) is 112 cm³/mol. The number of nitrogens with zero attached hydrogens (tertiary/aromatic N) is 2. The first kappa shape index (κ1) is 19.4. The fraction of sp³-hybridized carbons (Fsp3) is 0.227. The lowest BCUT2D eigenvalue weighted by Gasteiger charge is -2.26. The van der Waals surface area contributed by atoms with E-state index in [4.69, 9.17) is 9.15 Å². The van der Waals surface area contributed by atoms with Crippen LogP contribution in [0.4, 0.5) is 5.88 Å². The van der Waals surface area contributed by atoms with Gasteiger partial charge >= 0.3 is 0 Å². The Morgan fingerprint density at radius 3 is 2.34 bits per heavy atom. The number of rotatable bonds is 5. The van der Waals surface area contributed by atoms with E-state index < -0.39 is 9.84 Å². The molecular formula is C22H22N2O4S. The molecule has 0 atom stereocenters. The number of morpholine rings is 1. The molecule has 0 unspecified atom stereocenters. The molecule has 0 amide bonds. The molecule has 0 N–H and O–H groups in total. The van der Waals surface area contributed by atoms with Gasteiger partial charge in [-0.1, -0.05) is 48.0 Å². The zero-order valence-electron chi connectivity index (χ0n) is 16.1. The number of benzene rings is 2. The highest BCUT2D eigenvalue weighted by atomic mass is 32.2. The summed E-state index contributed by atoms with van der Waals surface area (Å²) in [4.78, 5) is 6.42. The van der Waals surface area contributed by atoms with Crippen molar-refractivity contribution in [1.82, 2.24) is 4.98 Å². The van der Waals surface area contributed by atoms with E-state index in [1.165, 1.54) is 0 Å². The number of ether oxygens (including phenoxy) is 1. The third-order valence-electron chi connectivity index (χ3n) is 4.70. The quantitative estimate of drug-likeness (QED) is 0.637. The van der Waals surface area contributed by atoms with Crippen LogP contribution in [0.15, 0.2) is 68.9 Å². The molecule has 4 rings (SSSR count). The minimum absolute atomic E-state index is 0.0593. The second-order valence-corrected chi connectivity index (χ2v) is 8.69. The van der Waals surface area contributed by atoms with E-state index in [1.807, 2.05) is 48.2 Å². The highest BCUT2D eigenvalue weighted by Crippen LogP contribution is 2.32. The molecule has 0 spiro atoms. The molecule has 3 aromatic rings. The Labute approximate surface area is 170 Å². The van der Waals surface area contributed by atoms with Crippen LogP contribution in [0, 0.1) is 6.92 Å². The van der Waals surface area contributed by atoms with Gasteiger partial charge in [0.2, 0.25) is 26.6 Å². The number of aromatic nitrogens is 1. The fourth-order valence-corrected chi connectivity index (χ4v) is 4.42. The molecule has 0 saturated carbocycles. The predicted octanol–water partition coefficient (Wildman–Crippen LogP) is 3.82. The van der Waals surface area contributed by atoms with E-state index >= 15 is 0 Å².